The van der Waals surface area contributed by atoms with E-state index in [9.17, 15) is 0 Å². The minimum Gasteiger partial charge on any atom is -0.399 e. The minimum absolute atomic E-state index is 0.484. The number of benzene rings is 1. The van der Waals surface area contributed by atoms with E-state index in [-0.39, 0.29) is 0 Å². The van der Waals surface area contributed by atoms with E-state index in [1.54, 1.807) is 11.8 Å². The maximum atomic E-state index is 5.68. The van der Waals surface area contributed by atoms with Crippen molar-refractivity contribution in [1.29, 1.82) is 0 Å². The lowest BCUT2D eigenvalue weighted by Crippen LogP contribution is -1.84. The molecule has 1 aromatic heterocycles. The number of aromatic nitrogens is 2. The van der Waals surface area contributed by atoms with Crippen molar-refractivity contribution in [2.45, 2.75) is 10.6 Å². The lowest BCUT2D eigenvalue weighted by atomic mass is 10.3. The van der Waals surface area contributed by atoms with E-state index in [0.29, 0.717) is 4.47 Å². The van der Waals surface area contributed by atoms with Crippen LogP contribution in [0.15, 0.2) is 29.2 Å². The van der Waals surface area contributed by atoms with Crippen molar-refractivity contribution < 1.29 is 0 Å². The fourth-order valence-corrected chi connectivity index (χ4v) is 2.86. The van der Waals surface area contributed by atoms with Gasteiger partial charge in [0.05, 0.1) is 5.75 Å². The molecular weight excluding hydrogens is 250 g/mol. The van der Waals surface area contributed by atoms with Gasteiger partial charge in [-0.25, -0.2) is 0 Å². The fourth-order valence-electron chi connectivity index (χ4n) is 1.04. The largest absolute Gasteiger partial charge is 0.399 e. The second-order valence-corrected chi connectivity index (χ2v) is 5.50. The molecule has 6 heteroatoms. The first-order chi connectivity index (χ1) is 7.24. The van der Waals surface area contributed by atoms with E-state index in [2.05, 4.69) is 10.2 Å². The van der Waals surface area contributed by atoms with Crippen LogP contribution < -0.4 is 5.73 Å². The Bertz CT molecular complexity index is 458. The van der Waals surface area contributed by atoms with Gasteiger partial charge in [-0.1, -0.05) is 17.4 Å². The van der Waals surface area contributed by atoms with Crippen LogP contribution in [0.1, 0.15) is 5.01 Å². The van der Waals surface area contributed by atoms with E-state index in [1.165, 1.54) is 11.3 Å². The molecule has 78 valence electrons. The number of halogens is 1. The molecule has 0 saturated carbocycles. The predicted molar refractivity (Wildman–Crippen MR) is 65.3 cm³/mol. The highest BCUT2D eigenvalue weighted by atomic mass is 35.5. The zero-order valence-corrected chi connectivity index (χ0v) is 10.1. The lowest BCUT2D eigenvalue weighted by Gasteiger charge is -1.99. The minimum atomic E-state index is 0.484. The summed E-state index contributed by atoms with van der Waals surface area (Å²) in [5, 5.41) is 8.60. The Balaban J connectivity index is 1.99. The molecule has 0 fully saturated rings. The molecule has 0 amide bonds. The van der Waals surface area contributed by atoms with Gasteiger partial charge in [0, 0.05) is 10.6 Å². The third kappa shape index (κ3) is 3.09. The van der Waals surface area contributed by atoms with Crippen LogP contribution >= 0.6 is 34.7 Å². The Hall–Kier alpha value is -0.780. The van der Waals surface area contributed by atoms with Gasteiger partial charge in [0.2, 0.25) is 4.47 Å². The summed E-state index contributed by atoms with van der Waals surface area (Å²) in [5.74, 6) is 0.772. The molecule has 0 spiro atoms. The SMILES string of the molecule is Nc1cccc(SCc2nnc(Cl)s2)c1. The molecule has 1 heterocycles. The smallest absolute Gasteiger partial charge is 0.207 e. The summed E-state index contributed by atoms with van der Waals surface area (Å²) >= 11 is 8.76. The molecular formula is C9H8ClN3S2. The third-order valence-electron chi connectivity index (χ3n) is 1.66. The van der Waals surface area contributed by atoms with Gasteiger partial charge < -0.3 is 5.73 Å². The van der Waals surface area contributed by atoms with Crippen molar-refractivity contribution >= 4 is 40.4 Å². The molecule has 2 N–H and O–H groups in total. The first-order valence-corrected chi connectivity index (χ1v) is 6.38. The monoisotopic (exact) mass is 257 g/mol. The number of anilines is 1. The molecule has 0 aliphatic rings. The maximum absolute atomic E-state index is 5.68. The Labute approximate surface area is 101 Å². The lowest BCUT2D eigenvalue weighted by molar-refractivity contribution is 1.04. The van der Waals surface area contributed by atoms with E-state index in [1.807, 2.05) is 24.3 Å². The van der Waals surface area contributed by atoms with Crippen LogP contribution in [0.4, 0.5) is 5.69 Å². The van der Waals surface area contributed by atoms with Crippen molar-refractivity contribution in [3.8, 4) is 0 Å². The van der Waals surface area contributed by atoms with Crippen LogP contribution in [0, 0.1) is 0 Å². The average Bonchev–Trinajstić information content (AvgIpc) is 2.62. The van der Waals surface area contributed by atoms with Crippen LogP contribution in [0.3, 0.4) is 0 Å². The van der Waals surface area contributed by atoms with E-state index in [4.69, 9.17) is 17.3 Å². The summed E-state index contributed by atoms with van der Waals surface area (Å²) in [7, 11) is 0. The van der Waals surface area contributed by atoms with Crippen molar-refractivity contribution in [3.63, 3.8) is 0 Å². The zero-order chi connectivity index (χ0) is 10.7. The Kier molecular flexibility index (Phi) is 3.45. The highest BCUT2D eigenvalue weighted by Crippen LogP contribution is 2.26. The van der Waals surface area contributed by atoms with Crippen molar-refractivity contribution in [2.75, 3.05) is 5.73 Å². The number of nitrogens with zero attached hydrogens (tertiary/aromatic N) is 2. The standard InChI is InChI=1S/C9H8ClN3S2/c10-9-13-12-8(15-9)5-14-7-3-1-2-6(11)4-7/h1-4H,5,11H2. The number of hydrogen-bond acceptors (Lipinski definition) is 5. The molecule has 0 aliphatic carbocycles. The second-order valence-electron chi connectivity index (χ2n) is 2.81. The molecule has 0 saturated heterocycles. The normalized spacial score (nSPS) is 10.5. The maximum Gasteiger partial charge on any atom is 0.207 e. The van der Waals surface area contributed by atoms with Crippen LogP contribution in [0.2, 0.25) is 4.47 Å². The number of thioether (sulfide) groups is 1. The summed E-state index contributed by atoms with van der Waals surface area (Å²) in [6.45, 7) is 0. The summed E-state index contributed by atoms with van der Waals surface area (Å²) < 4.78 is 0.484. The van der Waals surface area contributed by atoms with Gasteiger partial charge in [0.1, 0.15) is 5.01 Å². The molecule has 0 aliphatic heterocycles. The van der Waals surface area contributed by atoms with Crippen LogP contribution in [0.5, 0.6) is 0 Å². The van der Waals surface area contributed by atoms with Gasteiger partial charge in [0.25, 0.3) is 0 Å². The van der Waals surface area contributed by atoms with Crippen LogP contribution in [-0.2, 0) is 5.75 Å². The first-order valence-electron chi connectivity index (χ1n) is 4.20. The quantitative estimate of drug-likeness (QED) is 0.678. The Morgan fingerprint density at radius 3 is 2.93 bits per heavy atom. The van der Waals surface area contributed by atoms with E-state index in [0.717, 1.165) is 21.3 Å². The number of nitrogen functional groups attached to an aromatic ring is 1. The molecule has 1 aromatic carbocycles. The molecule has 3 nitrogen and oxygen atoms in total. The summed E-state index contributed by atoms with van der Waals surface area (Å²) in [6.07, 6.45) is 0. The first kappa shape index (κ1) is 10.7. The fraction of sp³-hybridized carbons (Fsp3) is 0.111. The van der Waals surface area contributed by atoms with Crippen molar-refractivity contribution in [2.24, 2.45) is 0 Å². The Morgan fingerprint density at radius 1 is 1.40 bits per heavy atom. The van der Waals surface area contributed by atoms with Gasteiger partial charge in [-0.15, -0.1) is 22.0 Å². The van der Waals surface area contributed by atoms with Gasteiger partial charge in [-0.2, -0.15) is 0 Å². The number of nitrogens with two attached hydrogens (primary N) is 1. The summed E-state index contributed by atoms with van der Waals surface area (Å²) in [6, 6.07) is 7.76. The van der Waals surface area contributed by atoms with Gasteiger partial charge in [-0.05, 0) is 29.8 Å². The molecule has 0 radical (unpaired) electrons. The van der Waals surface area contributed by atoms with Gasteiger partial charge >= 0.3 is 0 Å². The molecule has 2 rings (SSSR count). The van der Waals surface area contributed by atoms with Gasteiger partial charge in [-0.3, -0.25) is 0 Å². The molecule has 0 unspecified atom stereocenters. The Morgan fingerprint density at radius 2 is 2.27 bits per heavy atom. The topological polar surface area (TPSA) is 51.8 Å². The van der Waals surface area contributed by atoms with Crippen LogP contribution in [0.25, 0.3) is 0 Å². The second kappa shape index (κ2) is 4.83. The highest BCUT2D eigenvalue weighted by molar-refractivity contribution is 7.98. The third-order valence-corrected chi connectivity index (χ3v) is 3.87. The number of rotatable bonds is 3. The average molecular weight is 258 g/mol. The van der Waals surface area contributed by atoms with Crippen molar-refractivity contribution in [1.82, 2.24) is 10.2 Å². The summed E-state index contributed by atoms with van der Waals surface area (Å²) in [5.41, 5.74) is 6.45. The highest BCUT2D eigenvalue weighted by Gasteiger charge is 2.02. The zero-order valence-electron chi connectivity index (χ0n) is 7.68. The van der Waals surface area contributed by atoms with Gasteiger partial charge in [0.15, 0.2) is 0 Å². The predicted octanol–water partition coefficient (Wildman–Crippen LogP) is 3.07. The molecule has 2 aromatic rings. The molecule has 0 bridgehead atoms. The van der Waals surface area contributed by atoms with Crippen molar-refractivity contribution in [3.05, 3.63) is 33.7 Å². The van der Waals surface area contributed by atoms with Crippen LogP contribution in [-0.4, -0.2) is 10.2 Å². The summed E-state index contributed by atoms with van der Waals surface area (Å²) in [4.78, 5) is 1.13. The van der Waals surface area contributed by atoms with E-state index >= 15 is 0 Å². The molecule has 15 heavy (non-hydrogen) atoms. The molecule has 0 atom stereocenters. The number of hydrogen-bond donors (Lipinski definition) is 1. The van der Waals surface area contributed by atoms with E-state index < -0.39 is 0 Å².